The highest BCUT2D eigenvalue weighted by Crippen LogP contribution is 2.53. The summed E-state index contributed by atoms with van der Waals surface area (Å²) in [7, 11) is 0. The van der Waals surface area contributed by atoms with Gasteiger partial charge in [0.15, 0.2) is 0 Å². The number of aryl methyl sites for hydroxylation is 2. The molecule has 0 amide bonds. The largest absolute Gasteiger partial charge is 0.507 e. The van der Waals surface area contributed by atoms with Crippen LogP contribution in [0.5, 0.6) is 5.75 Å². The quantitative estimate of drug-likeness (QED) is 0.592. The first-order valence-electron chi connectivity index (χ1n) is 4.99. The van der Waals surface area contributed by atoms with Gasteiger partial charge in [-0.1, -0.05) is 12.1 Å². The van der Waals surface area contributed by atoms with Crippen molar-refractivity contribution >= 4 is 6.08 Å². The van der Waals surface area contributed by atoms with E-state index < -0.39 is 5.54 Å². The van der Waals surface area contributed by atoms with Gasteiger partial charge in [0.2, 0.25) is 6.08 Å². The highest BCUT2D eigenvalue weighted by Gasteiger charge is 2.47. The Kier molecular flexibility index (Phi) is 2.13. The maximum Gasteiger partial charge on any atom is 0.235 e. The number of phenolic OH excluding ortho intramolecular Hbond substituents is 1. The summed E-state index contributed by atoms with van der Waals surface area (Å²) in [6, 6.07) is 3.82. The number of aromatic hydroxyl groups is 1. The van der Waals surface area contributed by atoms with Crippen molar-refractivity contribution in [2.24, 2.45) is 4.99 Å². The molecule has 0 aliphatic heterocycles. The van der Waals surface area contributed by atoms with Crippen molar-refractivity contribution in [3.8, 4) is 5.75 Å². The smallest absolute Gasteiger partial charge is 0.235 e. The molecule has 0 unspecified atom stereocenters. The van der Waals surface area contributed by atoms with E-state index in [4.69, 9.17) is 0 Å². The molecule has 1 fully saturated rings. The van der Waals surface area contributed by atoms with E-state index >= 15 is 0 Å². The lowest BCUT2D eigenvalue weighted by atomic mass is 9.96. The lowest BCUT2D eigenvalue weighted by Crippen LogP contribution is -2.06. The number of benzene rings is 1. The predicted molar refractivity (Wildman–Crippen MR) is 56.6 cm³/mol. The van der Waals surface area contributed by atoms with Crippen LogP contribution in [-0.2, 0) is 10.3 Å². The molecule has 0 aromatic heterocycles. The molecule has 3 heteroatoms. The number of phenols is 1. The minimum atomic E-state index is -0.484. The van der Waals surface area contributed by atoms with Crippen molar-refractivity contribution in [3.63, 3.8) is 0 Å². The molecule has 1 aliphatic rings. The van der Waals surface area contributed by atoms with Gasteiger partial charge >= 0.3 is 0 Å². The SMILES string of the molecule is Cc1ccc(C)c(C2(N=C=O)CC2)c1O. The topological polar surface area (TPSA) is 49.7 Å². The Balaban J connectivity index is 2.62. The average Bonchev–Trinajstić information content (AvgIpc) is 2.94. The second-order valence-corrected chi connectivity index (χ2v) is 4.16. The van der Waals surface area contributed by atoms with Gasteiger partial charge in [0.05, 0.1) is 0 Å². The number of nitrogens with zero attached hydrogens (tertiary/aromatic N) is 1. The minimum Gasteiger partial charge on any atom is -0.507 e. The third-order valence-electron chi connectivity index (χ3n) is 3.04. The summed E-state index contributed by atoms with van der Waals surface area (Å²) in [6.45, 7) is 3.77. The maximum absolute atomic E-state index is 10.4. The standard InChI is InChI=1S/C12H13NO2/c1-8-3-4-9(2)11(15)10(8)12(5-6-12)13-7-14/h3-4,15H,5-6H2,1-2H3. The van der Waals surface area contributed by atoms with Crippen LogP contribution in [0.3, 0.4) is 0 Å². The molecule has 0 radical (unpaired) electrons. The number of hydrogen-bond acceptors (Lipinski definition) is 3. The molecule has 1 N–H and O–H groups in total. The van der Waals surface area contributed by atoms with Crippen LogP contribution in [0.15, 0.2) is 17.1 Å². The van der Waals surface area contributed by atoms with E-state index in [0.717, 1.165) is 29.5 Å². The molecular weight excluding hydrogens is 190 g/mol. The van der Waals surface area contributed by atoms with E-state index in [1.54, 1.807) is 6.08 Å². The van der Waals surface area contributed by atoms with Gasteiger partial charge in [-0.3, -0.25) is 0 Å². The highest BCUT2D eigenvalue weighted by molar-refractivity contribution is 5.53. The van der Waals surface area contributed by atoms with Gasteiger partial charge in [-0.2, -0.15) is 4.99 Å². The van der Waals surface area contributed by atoms with Gasteiger partial charge in [-0.15, -0.1) is 0 Å². The summed E-state index contributed by atoms with van der Waals surface area (Å²) in [5.41, 5.74) is 2.12. The first-order valence-corrected chi connectivity index (χ1v) is 4.99. The second-order valence-electron chi connectivity index (χ2n) is 4.16. The molecule has 2 rings (SSSR count). The molecule has 0 saturated heterocycles. The van der Waals surface area contributed by atoms with Crippen LogP contribution < -0.4 is 0 Å². The number of isocyanates is 1. The van der Waals surface area contributed by atoms with Gasteiger partial charge in [0.1, 0.15) is 11.3 Å². The Morgan fingerprint density at radius 1 is 1.33 bits per heavy atom. The Hall–Kier alpha value is -1.60. The number of hydrogen-bond donors (Lipinski definition) is 1. The lowest BCUT2D eigenvalue weighted by molar-refractivity contribution is 0.454. The van der Waals surface area contributed by atoms with Crippen LogP contribution in [-0.4, -0.2) is 11.2 Å². The molecule has 1 aromatic carbocycles. The first-order chi connectivity index (χ1) is 7.10. The summed E-state index contributed by atoms with van der Waals surface area (Å²) in [4.78, 5) is 14.2. The van der Waals surface area contributed by atoms with E-state index in [1.807, 2.05) is 26.0 Å². The molecule has 15 heavy (non-hydrogen) atoms. The molecule has 0 atom stereocenters. The van der Waals surface area contributed by atoms with Gasteiger partial charge in [0.25, 0.3) is 0 Å². The van der Waals surface area contributed by atoms with E-state index in [1.165, 1.54) is 0 Å². The van der Waals surface area contributed by atoms with E-state index in [0.29, 0.717) is 0 Å². The fraction of sp³-hybridized carbons (Fsp3) is 0.417. The normalized spacial score (nSPS) is 16.9. The summed E-state index contributed by atoms with van der Waals surface area (Å²) >= 11 is 0. The molecule has 1 aromatic rings. The van der Waals surface area contributed by atoms with Crippen LogP contribution in [0.1, 0.15) is 29.5 Å². The molecule has 0 heterocycles. The summed E-state index contributed by atoms with van der Waals surface area (Å²) < 4.78 is 0. The van der Waals surface area contributed by atoms with Crippen molar-refractivity contribution < 1.29 is 9.90 Å². The molecule has 1 saturated carbocycles. The van der Waals surface area contributed by atoms with Gasteiger partial charge in [0, 0.05) is 5.56 Å². The van der Waals surface area contributed by atoms with E-state index in [9.17, 15) is 9.90 Å². The maximum atomic E-state index is 10.4. The van der Waals surface area contributed by atoms with Crippen LogP contribution >= 0.6 is 0 Å². The molecule has 0 bridgehead atoms. The fourth-order valence-corrected chi connectivity index (χ4v) is 2.01. The van der Waals surface area contributed by atoms with Crippen molar-refractivity contribution in [3.05, 3.63) is 28.8 Å². The van der Waals surface area contributed by atoms with Crippen molar-refractivity contribution in [2.75, 3.05) is 0 Å². The highest BCUT2D eigenvalue weighted by atomic mass is 16.3. The second kappa shape index (κ2) is 3.21. The summed E-state index contributed by atoms with van der Waals surface area (Å²) in [5, 5.41) is 9.99. The molecule has 0 spiro atoms. The predicted octanol–water partition coefficient (Wildman–Crippen LogP) is 2.33. The zero-order chi connectivity index (χ0) is 11.1. The van der Waals surface area contributed by atoms with Crippen molar-refractivity contribution in [2.45, 2.75) is 32.2 Å². The minimum absolute atomic E-state index is 0.270. The van der Waals surface area contributed by atoms with Gasteiger partial charge in [-0.25, -0.2) is 4.79 Å². The van der Waals surface area contributed by atoms with E-state index in [-0.39, 0.29) is 5.75 Å². The first kappa shape index (κ1) is 9.94. The Labute approximate surface area is 88.5 Å². The zero-order valence-corrected chi connectivity index (χ0v) is 8.87. The lowest BCUT2D eigenvalue weighted by Gasteiger charge is -2.15. The van der Waals surface area contributed by atoms with Crippen LogP contribution in [0, 0.1) is 13.8 Å². The molecule has 3 nitrogen and oxygen atoms in total. The number of aliphatic imine (C=N–C) groups is 1. The van der Waals surface area contributed by atoms with Gasteiger partial charge in [-0.05, 0) is 37.8 Å². The third-order valence-corrected chi connectivity index (χ3v) is 3.04. The monoisotopic (exact) mass is 203 g/mol. The molecule has 1 aliphatic carbocycles. The average molecular weight is 203 g/mol. The number of rotatable bonds is 2. The van der Waals surface area contributed by atoms with Crippen molar-refractivity contribution in [1.82, 2.24) is 0 Å². The molecular formula is C12H13NO2. The number of carbonyl (C=O) groups excluding carboxylic acids is 1. The van der Waals surface area contributed by atoms with Gasteiger partial charge < -0.3 is 5.11 Å². The Morgan fingerprint density at radius 2 is 1.93 bits per heavy atom. The van der Waals surface area contributed by atoms with Crippen LogP contribution in [0.4, 0.5) is 0 Å². The Morgan fingerprint density at radius 3 is 2.47 bits per heavy atom. The zero-order valence-electron chi connectivity index (χ0n) is 8.87. The fourth-order valence-electron chi connectivity index (χ4n) is 2.01. The molecule has 78 valence electrons. The van der Waals surface area contributed by atoms with Crippen LogP contribution in [0.2, 0.25) is 0 Å². The van der Waals surface area contributed by atoms with Crippen LogP contribution in [0.25, 0.3) is 0 Å². The summed E-state index contributed by atoms with van der Waals surface area (Å²) in [5.74, 6) is 0.270. The Bertz CT molecular complexity index is 455. The third kappa shape index (κ3) is 1.45. The summed E-state index contributed by atoms with van der Waals surface area (Å²) in [6.07, 6.45) is 3.25. The van der Waals surface area contributed by atoms with E-state index in [2.05, 4.69) is 4.99 Å². The van der Waals surface area contributed by atoms with Crippen molar-refractivity contribution in [1.29, 1.82) is 0 Å².